The van der Waals surface area contributed by atoms with Gasteiger partial charge in [0.05, 0.1) is 34.0 Å². The summed E-state index contributed by atoms with van der Waals surface area (Å²) in [6.07, 6.45) is 1.67. The Morgan fingerprint density at radius 3 is 2.81 bits per heavy atom. The monoisotopic (exact) mass is 446 g/mol. The van der Waals surface area contributed by atoms with E-state index in [9.17, 15) is 9.18 Å². The summed E-state index contributed by atoms with van der Waals surface area (Å²) < 4.78 is 15.7. The molecule has 0 unspecified atom stereocenters. The Morgan fingerprint density at radius 2 is 2.00 bits per heavy atom. The second kappa shape index (κ2) is 7.97. The second-order valence-corrected chi connectivity index (χ2v) is 7.62. The predicted octanol–water partition coefficient (Wildman–Crippen LogP) is 4.37. The third-order valence-corrected chi connectivity index (χ3v) is 5.41. The van der Waals surface area contributed by atoms with E-state index in [-0.39, 0.29) is 5.91 Å². The Bertz CT molecular complexity index is 1480. The molecular weight excluding hydrogens is 431 g/mol. The highest BCUT2D eigenvalue weighted by Gasteiger charge is 2.18. The van der Waals surface area contributed by atoms with E-state index in [0.717, 1.165) is 5.69 Å². The van der Waals surface area contributed by atoms with Crippen LogP contribution in [0.2, 0.25) is 5.02 Å². The van der Waals surface area contributed by atoms with Crippen molar-refractivity contribution in [3.8, 4) is 11.4 Å². The molecule has 0 aliphatic rings. The van der Waals surface area contributed by atoms with E-state index in [0.29, 0.717) is 50.9 Å². The van der Waals surface area contributed by atoms with Crippen LogP contribution in [-0.2, 0) is 6.54 Å². The number of amides is 1. The largest absolute Gasteiger partial charge is 0.346 e. The first-order valence-corrected chi connectivity index (χ1v) is 10.2. The molecule has 0 saturated carbocycles. The molecule has 3 aromatic heterocycles. The van der Waals surface area contributed by atoms with E-state index in [1.807, 2.05) is 25.1 Å². The van der Waals surface area contributed by atoms with Crippen molar-refractivity contribution in [2.45, 2.75) is 13.5 Å². The topological polar surface area (TPSA) is 85.1 Å². The first-order valence-electron chi connectivity index (χ1n) is 9.80. The Morgan fingerprint density at radius 1 is 1.12 bits per heavy atom. The molecule has 0 radical (unpaired) electrons. The molecule has 32 heavy (non-hydrogen) atoms. The van der Waals surface area contributed by atoms with Crippen LogP contribution in [0, 0.1) is 12.7 Å². The molecule has 1 N–H and O–H groups in total. The molecule has 2 aromatic carbocycles. The Hall–Kier alpha value is -3.91. The molecule has 5 rings (SSSR count). The Balaban J connectivity index is 1.62. The first kappa shape index (κ1) is 20.0. The summed E-state index contributed by atoms with van der Waals surface area (Å²) in [4.78, 5) is 21.6. The Kier molecular flexibility index (Phi) is 4.99. The van der Waals surface area contributed by atoms with E-state index in [2.05, 4.69) is 25.5 Å². The third kappa shape index (κ3) is 3.54. The van der Waals surface area contributed by atoms with Crippen LogP contribution in [0.3, 0.4) is 0 Å². The number of benzene rings is 2. The number of rotatable bonds is 4. The maximum Gasteiger partial charge on any atom is 0.251 e. The number of halogens is 2. The summed E-state index contributed by atoms with van der Waals surface area (Å²) in [5.74, 6) is -0.332. The molecule has 0 saturated heterocycles. The summed E-state index contributed by atoms with van der Waals surface area (Å²) in [5.41, 5.74) is 3.99. The lowest BCUT2D eigenvalue weighted by molar-refractivity contribution is 0.0950. The molecule has 0 aliphatic heterocycles. The number of carbonyl (C=O) groups is 1. The smallest absolute Gasteiger partial charge is 0.251 e. The number of aromatic nitrogens is 5. The third-order valence-electron chi connectivity index (χ3n) is 5.08. The van der Waals surface area contributed by atoms with Crippen LogP contribution in [0.1, 0.15) is 21.7 Å². The number of pyridine rings is 1. The van der Waals surface area contributed by atoms with Crippen LogP contribution in [0.4, 0.5) is 4.39 Å². The highest BCUT2D eigenvalue weighted by Crippen LogP contribution is 2.30. The van der Waals surface area contributed by atoms with E-state index in [1.54, 1.807) is 28.8 Å². The first-order chi connectivity index (χ1) is 15.5. The number of hydrogen-bond acceptors (Lipinski definition) is 5. The van der Waals surface area contributed by atoms with Crippen molar-refractivity contribution in [3.63, 3.8) is 0 Å². The van der Waals surface area contributed by atoms with Gasteiger partial charge in [0, 0.05) is 17.3 Å². The van der Waals surface area contributed by atoms with E-state index in [1.165, 1.54) is 18.2 Å². The van der Waals surface area contributed by atoms with Crippen molar-refractivity contribution in [1.29, 1.82) is 0 Å². The van der Waals surface area contributed by atoms with Crippen molar-refractivity contribution < 1.29 is 9.18 Å². The molecule has 5 aromatic rings. The van der Waals surface area contributed by atoms with Crippen LogP contribution in [-0.4, -0.2) is 30.5 Å². The van der Waals surface area contributed by atoms with Gasteiger partial charge in [0.2, 0.25) is 0 Å². The van der Waals surface area contributed by atoms with E-state index in [4.69, 9.17) is 11.6 Å². The maximum atomic E-state index is 13.9. The number of hydrogen-bond donors (Lipinski definition) is 1. The molecule has 0 bridgehead atoms. The van der Waals surface area contributed by atoms with Gasteiger partial charge in [0.1, 0.15) is 5.82 Å². The number of nitrogens with zero attached hydrogens (tertiary/aromatic N) is 5. The highest BCUT2D eigenvalue weighted by atomic mass is 35.5. The maximum absolute atomic E-state index is 13.9. The summed E-state index contributed by atoms with van der Waals surface area (Å²) >= 11 is 6.33. The van der Waals surface area contributed by atoms with Crippen LogP contribution in [0.5, 0.6) is 0 Å². The van der Waals surface area contributed by atoms with Crippen molar-refractivity contribution in [2.24, 2.45) is 0 Å². The fourth-order valence-electron chi connectivity index (χ4n) is 3.53. The lowest BCUT2D eigenvalue weighted by atomic mass is 10.1. The average Bonchev–Trinajstić information content (AvgIpc) is 3.25. The van der Waals surface area contributed by atoms with Crippen molar-refractivity contribution in [3.05, 3.63) is 88.6 Å². The predicted molar refractivity (Wildman–Crippen MR) is 119 cm³/mol. The summed E-state index contributed by atoms with van der Waals surface area (Å²) in [6, 6.07) is 14.7. The van der Waals surface area contributed by atoms with Gasteiger partial charge in [0.15, 0.2) is 11.5 Å². The van der Waals surface area contributed by atoms with Gasteiger partial charge in [-0.2, -0.15) is 0 Å². The molecule has 3 heterocycles. The van der Waals surface area contributed by atoms with Gasteiger partial charge in [-0.1, -0.05) is 17.7 Å². The van der Waals surface area contributed by atoms with Gasteiger partial charge in [0.25, 0.3) is 5.91 Å². The normalized spacial score (nSPS) is 11.2. The zero-order valence-corrected chi connectivity index (χ0v) is 17.6. The Labute approximate surface area is 186 Å². The fourth-order valence-corrected chi connectivity index (χ4v) is 3.74. The van der Waals surface area contributed by atoms with Crippen LogP contribution in [0.15, 0.2) is 60.8 Å². The van der Waals surface area contributed by atoms with Crippen LogP contribution < -0.4 is 5.32 Å². The van der Waals surface area contributed by atoms with Crippen LogP contribution in [0.25, 0.3) is 28.1 Å². The molecule has 1 amide bonds. The van der Waals surface area contributed by atoms with Gasteiger partial charge in [-0.3, -0.25) is 14.2 Å². The molecule has 0 fully saturated rings. The molecular formula is C23H16ClFN6O. The van der Waals surface area contributed by atoms with E-state index >= 15 is 0 Å². The van der Waals surface area contributed by atoms with Gasteiger partial charge in [-0.05, 0) is 55.5 Å². The zero-order valence-electron chi connectivity index (χ0n) is 16.9. The van der Waals surface area contributed by atoms with Crippen LogP contribution >= 0.6 is 11.6 Å². The van der Waals surface area contributed by atoms with Gasteiger partial charge in [-0.25, -0.2) is 9.37 Å². The molecule has 0 spiro atoms. The molecule has 7 nitrogen and oxygen atoms in total. The quantitative estimate of drug-likeness (QED) is 0.443. The van der Waals surface area contributed by atoms with E-state index < -0.39 is 5.82 Å². The number of carbonyl (C=O) groups excluding carboxylic acids is 1. The standard InChI is InChI=1S/C23H16ClFN6O/c1-13-21-29-30-22(17-11-15(25)6-7-18(17)24)31(21)20-10-14(5-8-19(20)28-13)23(32)27-12-16-4-2-3-9-26-16/h2-11H,12H2,1H3,(H,27,32). The minimum atomic E-state index is -0.439. The average molecular weight is 447 g/mol. The summed E-state index contributed by atoms with van der Waals surface area (Å²) in [5, 5.41) is 11.7. The van der Waals surface area contributed by atoms with Crippen molar-refractivity contribution in [2.75, 3.05) is 0 Å². The molecule has 0 atom stereocenters. The fraction of sp³-hybridized carbons (Fsp3) is 0.0870. The SMILES string of the molecule is Cc1nc2ccc(C(=O)NCc3ccccn3)cc2n2c(-c3cc(F)ccc3Cl)nnc12. The highest BCUT2D eigenvalue weighted by molar-refractivity contribution is 6.33. The lowest BCUT2D eigenvalue weighted by Gasteiger charge is -2.10. The molecule has 0 aliphatic carbocycles. The minimum Gasteiger partial charge on any atom is -0.346 e. The van der Waals surface area contributed by atoms with Crippen molar-refractivity contribution in [1.82, 2.24) is 29.9 Å². The minimum absolute atomic E-state index is 0.260. The van der Waals surface area contributed by atoms with Gasteiger partial charge in [-0.15, -0.1) is 10.2 Å². The van der Waals surface area contributed by atoms with Gasteiger partial charge < -0.3 is 5.32 Å². The number of fused-ring (bicyclic) bond motifs is 3. The molecule has 158 valence electrons. The summed E-state index contributed by atoms with van der Waals surface area (Å²) in [6.45, 7) is 2.12. The zero-order chi connectivity index (χ0) is 22.2. The second-order valence-electron chi connectivity index (χ2n) is 7.21. The lowest BCUT2D eigenvalue weighted by Crippen LogP contribution is -2.23. The number of nitrogens with one attached hydrogen (secondary N) is 1. The molecule has 9 heteroatoms. The summed E-state index contributed by atoms with van der Waals surface area (Å²) in [7, 11) is 0. The van der Waals surface area contributed by atoms with Gasteiger partial charge >= 0.3 is 0 Å². The van der Waals surface area contributed by atoms with Crippen molar-refractivity contribution >= 4 is 34.2 Å². The number of aryl methyl sites for hydroxylation is 1.